The molecule has 0 rings (SSSR count). The number of carboxylic acid groups (broad SMARTS) is 1. The van der Waals surface area contributed by atoms with Gasteiger partial charge in [0.2, 0.25) is 0 Å². The molecule has 0 aromatic carbocycles. The van der Waals surface area contributed by atoms with Gasteiger partial charge in [0.05, 0.1) is 18.8 Å². The molecule has 3 N–H and O–H groups in total. The van der Waals surface area contributed by atoms with Crippen molar-refractivity contribution in [1.82, 2.24) is 0 Å². The zero-order valence-corrected chi connectivity index (χ0v) is 8.85. The van der Waals surface area contributed by atoms with Crippen LogP contribution in [0.1, 0.15) is 6.42 Å². The van der Waals surface area contributed by atoms with Crippen LogP contribution in [0.15, 0.2) is 12.2 Å². The predicted molar refractivity (Wildman–Crippen MR) is 50.2 cm³/mol. The minimum atomic E-state index is -4.42. The van der Waals surface area contributed by atoms with Gasteiger partial charge in [0.1, 0.15) is 0 Å². The summed E-state index contributed by atoms with van der Waals surface area (Å²) in [6, 6.07) is 0. The van der Waals surface area contributed by atoms with Crippen molar-refractivity contribution in [1.29, 1.82) is 0 Å². The monoisotopic (exact) mass is 240 g/mol. The van der Waals surface area contributed by atoms with Gasteiger partial charge in [-0.2, -0.15) is 0 Å². The quantitative estimate of drug-likeness (QED) is 0.314. The van der Waals surface area contributed by atoms with Gasteiger partial charge < -0.3 is 19.6 Å². The van der Waals surface area contributed by atoms with Crippen LogP contribution in [0.4, 0.5) is 0 Å². The van der Waals surface area contributed by atoms with Crippen molar-refractivity contribution in [3.05, 3.63) is 12.2 Å². The van der Waals surface area contributed by atoms with Crippen LogP contribution in [-0.4, -0.2) is 40.7 Å². The van der Waals surface area contributed by atoms with Crippen LogP contribution in [-0.2, 0) is 18.6 Å². The van der Waals surface area contributed by atoms with E-state index in [0.29, 0.717) is 0 Å². The molecule has 0 heterocycles. The standard InChI is InChI=1S/C7H13O7P/c1-6(7(8)9)5-13-3-2-4-14-15(10,11)12/h1-5H2,(H,8,9)(H2,10,11,12). The Morgan fingerprint density at radius 1 is 1.33 bits per heavy atom. The van der Waals surface area contributed by atoms with E-state index in [-0.39, 0.29) is 31.8 Å². The summed E-state index contributed by atoms with van der Waals surface area (Å²) in [4.78, 5) is 26.8. The number of hydrogen-bond donors (Lipinski definition) is 3. The van der Waals surface area contributed by atoms with Crippen LogP contribution in [0.25, 0.3) is 0 Å². The van der Waals surface area contributed by atoms with Gasteiger partial charge in [-0.25, -0.2) is 9.36 Å². The van der Waals surface area contributed by atoms with E-state index in [0.717, 1.165) is 0 Å². The molecule has 0 fully saturated rings. The van der Waals surface area contributed by atoms with E-state index in [9.17, 15) is 9.36 Å². The molecule has 0 aromatic heterocycles. The minimum absolute atomic E-state index is 0.0779. The van der Waals surface area contributed by atoms with Crippen molar-refractivity contribution in [2.45, 2.75) is 6.42 Å². The van der Waals surface area contributed by atoms with Crippen LogP contribution in [0.2, 0.25) is 0 Å². The summed E-state index contributed by atoms with van der Waals surface area (Å²) in [5, 5.41) is 8.38. The number of carbonyl (C=O) groups is 1. The lowest BCUT2D eigenvalue weighted by molar-refractivity contribution is -0.133. The lowest BCUT2D eigenvalue weighted by Gasteiger charge is -2.05. The van der Waals surface area contributed by atoms with Crippen molar-refractivity contribution in [2.24, 2.45) is 0 Å². The Kier molecular flexibility index (Phi) is 6.38. The van der Waals surface area contributed by atoms with Crippen LogP contribution >= 0.6 is 7.82 Å². The third-order valence-corrected chi connectivity index (χ3v) is 1.79. The van der Waals surface area contributed by atoms with E-state index in [1.54, 1.807) is 0 Å². The molecular formula is C7H13O7P. The highest BCUT2D eigenvalue weighted by Gasteiger charge is 2.12. The first-order valence-electron chi connectivity index (χ1n) is 4.02. The molecule has 0 aliphatic heterocycles. The molecule has 0 atom stereocenters. The summed E-state index contributed by atoms with van der Waals surface area (Å²) in [6.45, 7) is 3.11. The number of carboxylic acids is 1. The summed E-state index contributed by atoms with van der Waals surface area (Å²) in [5.74, 6) is -1.14. The topological polar surface area (TPSA) is 113 Å². The van der Waals surface area contributed by atoms with Crippen LogP contribution < -0.4 is 0 Å². The molecular weight excluding hydrogens is 227 g/mol. The summed E-state index contributed by atoms with van der Waals surface area (Å²) < 4.78 is 19.2. The molecule has 0 saturated carbocycles. The molecule has 0 saturated heterocycles. The van der Waals surface area contributed by atoms with Crippen LogP contribution in [0, 0.1) is 0 Å². The van der Waals surface area contributed by atoms with Crippen molar-refractivity contribution in [3.8, 4) is 0 Å². The molecule has 0 aromatic rings. The van der Waals surface area contributed by atoms with E-state index in [4.69, 9.17) is 19.6 Å². The lowest BCUT2D eigenvalue weighted by atomic mass is 10.3. The molecule has 0 aliphatic carbocycles. The summed E-state index contributed by atoms with van der Waals surface area (Å²) in [5.41, 5.74) is -0.0779. The van der Waals surface area contributed by atoms with Crippen molar-refractivity contribution < 1.29 is 33.5 Å². The summed E-state index contributed by atoms with van der Waals surface area (Å²) >= 11 is 0. The zero-order chi connectivity index (χ0) is 11.9. The number of rotatable bonds is 8. The molecule has 0 aliphatic rings. The third-order valence-electron chi connectivity index (χ3n) is 1.27. The van der Waals surface area contributed by atoms with Gasteiger partial charge >= 0.3 is 13.8 Å². The van der Waals surface area contributed by atoms with E-state index in [1.165, 1.54) is 0 Å². The fourth-order valence-electron chi connectivity index (χ4n) is 0.602. The fraction of sp³-hybridized carbons (Fsp3) is 0.571. The average Bonchev–Trinajstić information content (AvgIpc) is 2.08. The van der Waals surface area contributed by atoms with Gasteiger partial charge in [0, 0.05) is 6.61 Å². The Bertz CT molecular complexity index is 269. The maximum absolute atomic E-state index is 10.2. The van der Waals surface area contributed by atoms with Crippen LogP contribution in [0.3, 0.4) is 0 Å². The van der Waals surface area contributed by atoms with Crippen LogP contribution in [0.5, 0.6) is 0 Å². The number of phosphoric ester groups is 1. The summed E-state index contributed by atoms with van der Waals surface area (Å²) in [7, 11) is -4.42. The highest BCUT2D eigenvalue weighted by molar-refractivity contribution is 7.46. The maximum atomic E-state index is 10.2. The summed E-state index contributed by atoms with van der Waals surface area (Å²) in [6.07, 6.45) is 0.262. The van der Waals surface area contributed by atoms with Crippen molar-refractivity contribution in [2.75, 3.05) is 19.8 Å². The average molecular weight is 240 g/mol. The second-order valence-corrected chi connectivity index (χ2v) is 3.88. The largest absolute Gasteiger partial charge is 0.478 e. The van der Waals surface area contributed by atoms with E-state index >= 15 is 0 Å². The second kappa shape index (κ2) is 6.71. The Hall–Kier alpha value is -0.720. The SMILES string of the molecule is C=C(COCCCOP(=O)(O)O)C(=O)O. The zero-order valence-electron chi connectivity index (χ0n) is 7.96. The molecule has 7 nitrogen and oxygen atoms in total. The van der Waals surface area contributed by atoms with Gasteiger partial charge in [-0.05, 0) is 6.42 Å². The molecule has 15 heavy (non-hydrogen) atoms. The highest BCUT2D eigenvalue weighted by atomic mass is 31.2. The van der Waals surface area contributed by atoms with E-state index in [1.807, 2.05) is 0 Å². The molecule has 88 valence electrons. The van der Waals surface area contributed by atoms with Gasteiger partial charge in [-0.15, -0.1) is 0 Å². The Morgan fingerprint density at radius 3 is 2.40 bits per heavy atom. The van der Waals surface area contributed by atoms with Gasteiger partial charge in [0.25, 0.3) is 0 Å². The van der Waals surface area contributed by atoms with Gasteiger partial charge in [-0.1, -0.05) is 6.58 Å². The first-order chi connectivity index (χ1) is 6.83. The Morgan fingerprint density at radius 2 is 1.93 bits per heavy atom. The van der Waals surface area contributed by atoms with Gasteiger partial charge in [0.15, 0.2) is 0 Å². The predicted octanol–water partition coefficient (Wildman–Crippen LogP) is 0.143. The molecule has 8 heteroatoms. The molecule has 0 spiro atoms. The van der Waals surface area contributed by atoms with E-state index < -0.39 is 13.8 Å². The second-order valence-electron chi connectivity index (χ2n) is 2.64. The number of aliphatic carboxylic acids is 1. The maximum Gasteiger partial charge on any atom is 0.469 e. The number of hydrogen-bond acceptors (Lipinski definition) is 4. The molecule has 0 amide bonds. The van der Waals surface area contributed by atoms with Gasteiger partial charge in [-0.3, -0.25) is 4.52 Å². The molecule has 0 unspecified atom stereocenters. The first-order valence-corrected chi connectivity index (χ1v) is 5.55. The smallest absolute Gasteiger partial charge is 0.469 e. The highest BCUT2D eigenvalue weighted by Crippen LogP contribution is 2.35. The Labute approximate surface area is 86.6 Å². The number of phosphoric acid groups is 1. The Balaban J connectivity index is 3.37. The molecule has 0 bridgehead atoms. The third kappa shape index (κ3) is 9.58. The van der Waals surface area contributed by atoms with Crippen molar-refractivity contribution >= 4 is 13.8 Å². The lowest BCUT2D eigenvalue weighted by Crippen LogP contribution is -2.08. The van der Waals surface area contributed by atoms with E-state index in [2.05, 4.69) is 11.1 Å². The number of ether oxygens (including phenoxy) is 1. The van der Waals surface area contributed by atoms with Crippen molar-refractivity contribution in [3.63, 3.8) is 0 Å². The molecule has 0 radical (unpaired) electrons. The fourth-order valence-corrected chi connectivity index (χ4v) is 0.968. The minimum Gasteiger partial charge on any atom is -0.478 e. The first kappa shape index (κ1) is 14.3. The normalized spacial score (nSPS) is 11.3.